The maximum atomic E-state index is 13.3. The fourth-order valence-corrected chi connectivity index (χ4v) is 4.65. The van der Waals surface area contributed by atoms with Crippen molar-refractivity contribution in [3.05, 3.63) is 58.4 Å². The van der Waals surface area contributed by atoms with Crippen molar-refractivity contribution in [2.75, 3.05) is 13.1 Å². The number of sulfonamides is 1. The second-order valence-electron chi connectivity index (χ2n) is 8.06. The van der Waals surface area contributed by atoms with E-state index in [1.54, 1.807) is 16.4 Å². The number of benzene rings is 1. The topological polar surface area (TPSA) is 37.4 Å². The zero-order valence-corrected chi connectivity index (χ0v) is 17.9. The Morgan fingerprint density at radius 1 is 1.19 bits per heavy atom. The van der Waals surface area contributed by atoms with Crippen molar-refractivity contribution in [2.24, 2.45) is 11.3 Å². The first-order valence-corrected chi connectivity index (χ1v) is 10.6. The van der Waals surface area contributed by atoms with Gasteiger partial charge < -0.3 is 0 Å². The first kappa shape index (κ1) is 20.7. The van der Waals surface area contributed by atoms with Crippen molar-refractivity contribution < 1.29 is 8.42 Å². The molecular formula is C22H31NO2S. The first-order valence-electron chi connectivity index (χ1n) is 9.13. The third-order valence-electron chi connectivity index (χ3n) is 5.18. The molecule has 0 aromatic heterocycles. The number of hydrogen-bond donors (Lipinski definition) is 0. The fourth-order valence-electron chi connectivity index (χ4n) is 3.16. The largest absolute Gasteiger partial charge is 0.243 e. The van der Waals surface area contributed by atoms with Gasteiger partial charge in [-0.15, -0.1) is 5.73 Å². The highest BCUT2D eigenvalue weighted by atomic mass is 32.2. The molecule has 4 heteroatoms. The van der Waals surface area contributed by atoms with Crippen LogP contribution in [0.15, 0.2) is 57.7 Å². The molecule has 1 aromatic carbocycles. The van der Waals surface area contributed by atoms with Crippen molar-refractivity contribution >= 4 is 10.0 Å². The van der Waals surface area contributed by atoms with Crippen molar-refractivity contribution in [3.8, 4) is 0 Å². The lowest BCUT2D eigenvalue weighted by Crippen LogP contribution is -2.35. The number of nitrogens with zero attached hydrogens (tertiary/aromatic N) is 1. The third-order valence-corrected chi connectivity index (χ3v) is 7.00. The van der Waals surface area contributed by atoms with Crippen LogP contribution < -0.4 is 0 Å². The van der Waals surface area contributed by atoms with Crippen molar-refractivity contribution in [1.82, 2.24) is 4.31 Å². The van der Waals surface area contributed by atoms with Crippen LogP contribution in [-0.2, 0) is 10.0 Å². The lowest BCUT2D eigenvalue weighted by molar-refractivity contribution is 0.391. The molecule has 0 spiro atoms. The molecule has 1 fully saturated rings. The van der Waals surface area contributed by atoms with E-state index >= 15 is 0 Å². The highest BCUT2D eigenvalue weighted by Crippen LogP contribution is 2.57. The van der Waals surface area contributed by atoms with Crippen LogP contribution in [0.5, 0.6) is 0 Å². The summed E-state index contributed by atoms with van der Waals surface area (Å²) in [6.45, 7) is 15.2. The van der Waals surface area contributed by atoms with Gasteiger partial charge in [-0.2, -0.15) is 4.31 Å². The van der Waals surface area contributed by atoms with Crippen LogP contribution in [0, 0.1) is 18.3 Å². The summed E-state index contributed by atoms with van der Waals surface area (Å²) < 4.78 is 28.1. The van der Waals surface area contributed by atoms with Gasteiger partial charge in [-0.05, 0) is 57.9 Å². The molecule has 0 bridgehead atoms. The van der Waals surface area contributed by atoms with Crippen LogP contribution in [0.25, 0.3) is 0 Å². The van der Waals surface area contributed by atoms with E-state index in [4.69, 9.17) is 0 Å². The second kappa shape index (κ2) is 7.56. The Bertz CT molecular complexity index is 863. The van der Waals surface area contributed by atoms with Crippen LogP contribution >= 0.6 is 0 Å². The Morgan fingerprint density at radius 2 is 1.77 bits per heavy atom. The average Bonchev–Trinajstić information content (AvgIpc) is 3.05. The Balaban J connectivity index is 2.39. The Kier molecular flexibility index (Phi) is 6.02. The van der Waals surface area contributed by atoms with Gasteiger partial charge in [0.05, 0.1) is 4.90 Å². The molecule has 142 valence electrons. The summed E-state index contributed by atoms with van der Waals surface area (Å²) >= 11 is 0. The molecule has 1 aliphatic carbocycles. The number of allylic oxidation sites excluding steroid dienone is 1. The normalized spacial score (nSPS) is 19.5. The summed E-state index contributed by atoms with van der Waals surface area (Å²) in [5, 5.41) is 0. The Morgan fingerprint density at radius 3 is 2.27 bits per heavy atom. The zero-order chi connectivity index (χ0) is 19.7. The minimum absolute atomic E-state index is 0.00213. The fraction of sp³-hybridized carbons (Fsp3) is 0.500. The summed E-state index contributed by atoms with van der Waals surface area (Å²) in [5.41, 5.74) is 7.88. The standard InChI is InChI=1S/C22H31NO2S/c1-8-17(4)14-23(15-21-20(13-16(2)3)22(21,6)7)26(24,25)19-11-9-18(5)10-12-19/h8-12,21H,14-15H2,1-7H3/b17-8+. The van der Waals surface area contributed by atoms with Gasteiger partial charge in [0.2, 0.25) is 10.0 Å². The molecule has 0 N–H and O–H groups in total. The third kappa shape index (κ3) is 4.37. The smallest absolute Gasteiger partial charge is 0.207 e. The predicted molar refractivity (Wildman–Crippen MR) is 109 cm³/mol. The zero-order valence-electron chi connectivity index (χ0n) is 17.1. The quantitative estimate of drug-likeness (QED) is 0.514. The lowest BCUT2D eigenvalue weighted by atomic mass is 10.1. The van der Waals surface area contributed by atoms with Crippen LogP contribution in [0.1, 0.15) is 47.1 Å². The summed E-state index contributed by atoms with van der Waals surface area (Å²) in [6, 6.07) is 7.10. The summed E-state index contributed by atoms with van der Waals surface area (Å²) in [6.07, 6.45) is 1.97. The molecule has 0 amide bonds. The van der Waals surface area contributed by atoms with E-state index in [1.165, 1.54) is 5.57 Å². The van der Waals surface area contributed by atoms with E-state index in [0.29, 0.717) is 18.0 Å². The molecule has 3 nitrogen and oxygen atoms in total. The molecule has 1 unspecified atom stereocenters. The number of rotatable bonds is 6. The van der Waals surface area contributed by atoms with Gasteiger partial charge in [0.1, 0.15) is 0 Å². The Labute approximate surface area is 159 Å². The number of hydrogen-bond acceptors (Lipinski definition) is 2. The lowest BCUT2D eigenvalue weighted by Gasteiger charge is -2.23. The van der Waals surface area contributed by atoms with E-state index in [-0.39, 0.29) is 11.3 Å². The van der Waals surface area contributed by atoms with E-state index in [0.717, 1.165) is 16.7 Å². The van der Waals surface area contributed by atoms with Crippen LogP contribution in [-0.4, -0.2) is 25.8 Å². The first-order chi connectivity index (χ1) is 12.0. The van der Waals surface area contributed by atoms with Gasteiger partial charge in [-0.3, -0.25) is 0 Å². The van der Waals surface area contributed by atoms with Crippen molar-refractivity contribution in [1.29, 1.82) is 0 Å². The van der Waals surface area contributed by atoms with E-state index in [9.17, 15) is 8.42 Å². The van der Waals surface area contributed by atoms with Crippen molar-refractivity contribution in [3.63, 3.8) is 0 Å². The second-order valence-corrected chi connectivity index (χ2v) is 10.00. The van der Waals surface area contributed by atoms with Gasteiger partial charge >= 0.3 is 0 Å². The van der Waals surface area contributed by atoms with Gasteiger partial charge in [0, 0.05) is 24.4 Å². The molecule has 1 aromatic rings. The summed E-state index contributed by atoms with van der Waals surface area (Å²) in [7, 11) is -3.54. The van der Waals surface area contributed by atoms with Crippen LogP contribution in [0.2, 0.25) is 0 Å². The van der Waals surface area contributed by atoms with Gasteiger partial charge in [0.15, 0.2) is 0 Å². The molecule has 0 saturated heterocycles. The Hall–Kier alpha value is -1.61. The highest BCUT2D eigenvalue weighted by Gasteiger charge is 2.53. The van der Waals surface area contributed by atoms with E-state index in [2.05, 4.69) is 19.6 Å². The molecule has 0 heterocycles. The molecule has 2 rings (SSSR count). The number of aryl methyl sites for hydroxylation is 1. The SMILES string of the molecule is C/C=C(\C)CN(CC1C(=C=C(C)C)C1(C)C)S(=O)(=O)c1ccc(C)cc1. The van der Waals surface area contributed by atoms with E-state index < -0.39 is 10.0 Å². The van der Waals surface area contributed by atoms with Crippen molar-refractivity contribution in [2.45, 2.75) is 53.4 Å². The van der Waals surface area contributed by atoms with Gasteiger partial charge in [0.25, 0.3) is 0 Å². The molecule has 26 heavy (non-hydrogen) atoms. The van der Waals surface area contributed by atoms with Gasteiger partial charge in [-0.1, -0.05) is 43.2 Å². The molecule has 1 saturated carbocycles. The monoisotopic (exact) mass is 373 g/mol. The van der Waals surface area contributed by atoms with Crippen LogP contribution in [0.3, 0.4) is 0 Å². The molecule has 1 aliphatic rings. The maximum Gasteiger partial charge on any atom is 0.243 e. The molecule has 0 radical (unpaired) electrons. The van der Waals surface area contributed by atoms with Gasteiger partial charge in [-0.25, -0.2) is 8.42 Å². The van der Waals surface area contributed by atoms with Crippen LogP contribution in [0.4, 0.5) is 0 Å². The summed E-state index contributed by atoms with van der Waals surface area (Å²) in [4.78, 5) is 0.359. The molecular weight excluding hydrogens is 342 g/mol. The molecule has 0 aliphatic heterocycles. The highest BCUT2D eigenvalue weighted by molar-refractivity contribution is 7.89. The maximum absolute atomic E-state index is 13.3. The summed E-state index contributed by atoms with van der Waals surface area (Å²) in [5.74, 6) is 0.210. The minimum atomic E-state index is -3.54. The average molecular weight is 374 g/mol. The minimum Gasteiger partial charge on any atom is -0.207 e. The van der Waals surface area contributed by atoms with E-state index in [1.807, 2.05) is 52.8 Å². The predicted octanol–water partition coefficient (Wildman–Crippen LogP) is 5.10. The molecule has 1 atom stereocenters.